The average molecular weight is 304 g/mol. The maximum atomic E-state index is 12.7. The summed E-state index contributed by atoms with van der Waals surface area (Å²) in [6, 6.07) is 5.32. The Kier molecular flexibility index (Phi) is 4.56. The summed E-state index contributed by atoms with van der Waals surface area (Å²) in [6.07, 6.45) is 0.441. The minimum absolute atomic E-state index is 0.0626. The summed E-state index contributed by atoms with van der Waals surface area (Å²) in [4.78, 5) is 28.4. The van der Waals surface area contributed by atoms with Crippen molar-refractivity contribution >= 4 is 17.4 Å². The Hall–Kier alpha value is -1.88. The van der Waals surface area contributed by atoms with E-state index in [1.54, 1.807) is 36.9 Å². The maximum Gasteiger partial charge on any atom is 0.270 e. The lowest BCUT2D eigenvalue weighted by Gasteiger charge is -2.39. The number of hydrogen-bond acceptors (Lipinski definition) is 4. The highest BCUT2D eigenvalue weighted by atomic mass is 16.5. The molecule has 0 saturated heterocycles. The molecule has 0 unspecified atom stereocenters. The Labute approximate surface area is 131 Å². The molecule has 120 valence electrons. The minimum atomic E-state index is -0.893. The van der Waals surface area contributed by atoms with E-state index >= 15 is 0 Å². The SMILES string of the molecule is CCC(=O)c1ccc2c(c1)N(CCN(C)C)C(=O)C(C)(C)O2. The molecule has 1 aliphatic heterocycles. The summed E-state index contributed by atoms with van der Waals surface area (Å²) in [7, 11) is 3.93. The van der Waals surface area contributed by atoms with Gasteiger partial charge in [0.1, 0.15) is 5.75 Å². The number of fused-ring (bicyclic) bond motifs is 1. The molecule has 0 fully saturated rings. The van der Waals surface area contributed by atoms with Gasteiger partial charge in [0.05, 0.1) is 5.69 Å². The highest BCUT2D eigenvalue weighted by molar-refractivity contribution is 6.04. The van der Waals surface area contributed by atoms with Gasteiger partial charge in [-0.15, -0.1) is 0 Å². The first-order valence-corrected chi connectivity index (χ1v) is 7.59. The van der Waals surface area contributed by atoms with Gasteiger partial charge in [0, 0.05) is 25.1 Å². The van der Waals surface area contributed by atoms with E-state index in [4.69, 9.17) is 4.74 Å². The molecule has 5 nitrogen and oxygen atoms in total. The molecule has 1 aliphatic rings. The van der Waals surface area contributed by atoms with Crippen molar-refractivity contribution in [1.29, 1.82) is 0 Å². The van der Waals surface area contributed by atoms with Crippen LogP contribution in [0.25, 0.3) is 0 Å². The molecule has 0 atom stereocenters. The third kappa shape index (κ3) is 3.14. The number of Topliss-reactive ketones (excluding diaryl/α,β-unsaturated/α-hetero) is 1. The van der Waals surface area contributed by atoms with E-state index in [1.807, 2.05) is 25.9 Å². The van der Waals surface area contributed by atoms with Crippen molar-refractivity contribution in [1.82, 2.24) is 4.90 Å². The van der Waals surface area contributed by atoms with Gasteiger partial charge in [0.2, 0.25) is 0 Å². The van der Waals surface area contributed by atoms with Crippen molar-refractivity contribution in [3.63, 3.8) is 0 Å². The lowest BCUT2D eigenvalue weighted by atomic mass is 10.0. The van der Waals surface area contributed by atoms with Crippen LogP contribution in [0.1, 0.15) is 37.6 Å². The van der Waals surface area contributed by atoms with E-state index in [0.717, 1.165) is 6.54 Å². The van der Waals surface area contributed by atoms with E-state index in [-0.39, 0.29) is 11.7 Å². The lowest BCUT2D eigenvalue weighted by molar-refractivity contribution is -0.132. The molecular formula is C17H24N2O3. The third-order valence-corrected chi connectivity index (χ3v) is 3.79. The second-order valence-electron chi connectivity index (χ2n) is 6.33. The van der Waals surface area contributed by atoms with Crippen molar-refractivity contribution in [2.75, 3.05) is 32.1 Å². The van der Waals surface area contributed by atoms with E-state index in [1.165, 1.54) is 0 Å². The zero-order valence-corrected chi connectivity index (χ0v) is 14.0. The Morgan fingerprint density at radius 2 is 2.00 bits per heavy atom. The zero-order valence-electron chi connectivity index (χ0n) is 14.0. The number of benzene rings is 1. The van der Waals surface area contributed by atoms with Crippen molar-refractivity contribution in [2.45, 2.75) is 32.8 Å². The molecule has 0 aromatic heterocycles. The number of rotatable bonds is 5. The van der Waals surface area contributed by atoms with E-state index in [9.17, 15) is 9.59 Å². The molecule has 1 amide bonds. The maximum absolute atomic E-state index is 12.7. The highest BCUT2D eigenvalue weighted by Gasteiger charge is 2.40. The molecule has 1 aromatic rings. The second-order valence-corrected chi connectivity index (χ2v) is 6.33. The standard InChI is InChI=1S/C17H24N2O3/c1-6-14(20)12-7-8-15-13(11-12)19(10-9-18(4)5)16(21)17(2,3)22-15/h7-8,11H,6,9-10H2,1-5H3. The number of anilines is 1. The Morgan fingerprint density at radius 1 is 1.32 bits per heavy atom. The summed E-state index contributed by atoms with van der Waals surface area (Å²) >= 11 is 0. The fourth-order valence-corrected chi connectivity index (χ4v) is 2.47. The van der Waals surface area contributed by atoms with Crippen LogP contribution in [0, 0.1) is 0 Å². The predicted octanol–water partition coefficient (Wildman–Crippen LogP) is 2.34. The van der Waals surface area contributed by atoms with E-state index in [0.29, 0.717) is 30.0 Å². The number of ether oxygens (including phenoxy) is 1. The summed E-state index contributed by atoms with van der Waals surface area (Å²) in [5.74, 6) is 0.631. The van der Waals surface area contributed by atoms with Gasteiger partial charge in [-0.2, -0.15) is 0 Å². The molecule has 0 spiro atoms. The van der Waals surface area contributed by atoms with Crippen LogP contribution in [0.15, 0.2) is 18.2 Å². The summed E-state index contributed by atoms with van der Waals surface area (Å²) < 4.78 is 5.82. The molecule has 0 radical (unpaired) electrons. The van der Waals surface area contributed by atoms with E-state index in [2.05, 4.69) is 0 Å². The Morgan fingerprint density at radius 3 is 2.59 bits per heavy atom. The van der Waals surface area contributed by atoms with Crippen molar-refractivity contribution in [2.24, 2.45) is 0 Å². The van der Waals surface area contributed by atoms with Gasteiger partial charge >= 0.3 is 0 Å². The fourth-order valence-electron chi connectivity index (χ4n) is 2.47. The predicted molar refractivity (Wildman–Crippen MR) is 86.7 cm³/mol. The number of likely N-dealkylation sites (N-methyl/N-ethyl adjacent to an activating group) is 1. The summed E-state index contributed by atoms with van der Waals surface area (Å²) in [5.41, 5.74) is 0.410. The van der Waals surface area contributed by atoms with Crippen LogP contribution in [0.3, 0.4) is 0 Å². The van der Waals surface area contributed by atoms with Crippen LogP contribution in [-0.2, 0) is 4.79 Å². The monoisotopic (exact) mass is 304 g/mol. The first kappa shape index (κ1) is 16.5. The van der Waals surface area contributed by atoms with Crippen LogP contribution in [0.4, 0.5) is 5.69 Å². The molecule has 1 heterocycles. The summed E-state index contributed by atoms with van der Waals surface area (Å²) in [6.45, 7) is 6.68. The van der Waals surface area contributed by atoms with Crippen LogP contribution >= 0.6 is 0 Å². The molecule has 22 heavy (non-hydrogen) atoms. The molecule has 0 saturated carbocycles. The van der Waals surface area contributed by atoms with Gasteiger partial charge in [0.25, 0.3) is 5.91 Å². The number of carbonyl (C=O) groups is 2. The number of hydrogen-bond donors (Lipinski definition) is 0. The van der Waals surface area contributed by atoms with Gasteiger partial charge in [-0.3, -0.25) is 9.59 Å². The average Bonchev–Trinajstić information content (AvgIpc) is 2.46. The number of amides is 1. The van der Waals surface area contributed by atoms with Crippen LogP contribution in [0.2, 0.25) is 0 Å². The molecule has 5 heteroatoms. The lowest BCUT2D eigenvalue weighted by Crippen LogP contribution is -2.53. The van der Waals surface area contributed by atoms with Crippen molar-refractivity contribution in [3.8, 4) is 5.75 Å². The molecule has 0 bridgehead atoms. The van der Waals surface area contributed by atoms with Gasteiger partial charge in [0.15, 0.2) is 11.4 Å². The minimum Gasteiger partial charge on any atom is -0.476 e. The smallest absolute Gasteiger partial charge is 0.270 e. The first-order chi connectivity index (χ1) is 10.3. The van der Waals surface area contributed by atoms with Crippen LogP contribution in [-0.4, -0.2) is 49.4 Å². The van der Waals surface area contributed by atoms with E-state index < -0.39 is 5.60 Å². The largest absolute Gasteiger partial charge is 0.476 e. The Balaban J connectivity index is 2.44. The molecular weight excluding hydrogens is 280 g/mol. The second kappa shape index (κ2) is 6.08. The molecule has 0 aliphatic carbocycles. The highest BCUT2D eigenvalue weighted by Crippen LogP contribution is 2.38. The zero-order chi connectivity index (χ0) is 16.5. The van der Waals surface area contributed by atoms with Gasteiger partial charge in [-0.05, 0) is 46.1 Å². The number of carbonyl (C=O) groups excluding carboxylic acids is 2. The molecule has 2 rings (SSSR count). The number of ketones is 1. The molecule has 0 N–H and O–H groups in total. The third-order valence-electron chi connectivity index (χ3n) is 3.79. The topological polar surface area (TPSA) is 49.9 Å². The van der Waals surface area contributed by atoms with Crippen molar-refractivity contribution < 1.29 is 14.3 Å². The van der Waals surface area contributed by atoms with Crippen LogP contribution < -0.4 is 9.64 Å². The normalized spacial score (nSPS) is 16.5. The van der Waals surface area contributed by atoms with Gasteiger partial charge in [-0.25, -0.2) is 0 Å². The van der Waals surface area contributed by atoms with Gasteiger partial charge in [-0.1, -0.05) is 6.92 Å². The quantitative estimate of drug-likeness (QED) is 0.784. The van der Waals surface area contributed by atoms with Crippen molar-refractivity contribution in [3.05, 3.63) is 23.8 Å². The van der Waals surface area contributed by atoms with Gasteiger partial charge < -0.3 is 14.5 Å². The fraction of sp³-hybridized carbons (Fsp3) is 0.529. The first-order valence-electron chi connectivity index (χ1n) is 7.59. The Bertz CT molecular complexity index is 594. The molecule has 1 aromatic carbocycles. The number of nitrogens with zero attached hydrogens (tertiary/aromatic N) is 2. The summed E-state index contributed by atoms with van der Waals surface area (Å²) in [5, 5.41) is 0. The van der Waals surface area contributed by atoms with Crippen LogP contribution in [0.5, 0.6) is 5.75 Å².